The molecule has 6 N–H and O–H groups in total. The highest BCUT2D eigenvalue weighted by Crippen LogP contribution is 2.34. The van der Waals surface area contributed by atoms with E-state index in [9.17, 15) is 30.6 Å². The third-order valence-corrected chi connectivity index (χ3v) is 5.19. The number of aliphatic hydroxyl groups excluding tert-OH is 5. The van der Waals surface area contributed by atoms with Crippen molar-refractivity contribution in [2.75, 3.05) is 6.61 Å². The number of fused-ring (bicyclic) bond motifs is 1. The number of para-hydroxylation sites is 1. The van der Waals surface area contributed by atoms with Gasteiger partial charge in [0.05, 0.1) is 23.8 Å². The van der Waals surface area contributed by atoms with E-state index in [1.165, 1.54) is 13.8 Å². The summed E-state index contributed by atoms with van der Waals surface area (Å²) in [6.07, 6.45) is -5.51. The van der Waals surface area contributed by atoms with E-state index >= 15 is 0 Å². The number of benzene rings is 1. The van der Waals surface area contributed by atoms with Crippen LogP contribution < -0.4 is 0 Å². The molecule has 8 nitrogen and oxygen atoms in total. The quantitative estimate of drug-likeness (QED) is 0.403. The molecule has 8 heteroatoms. The molecule has 1 saturated heterocycles. The van der Waals surface area contributed by atoms with Crippen LogP contribution in [0.5, 0.6) is 0 Å². The predicted molar refractivity (Wildman–Crippen MR) is 97.0 cm³/mol. The summed E-state index contributed by atoms with van der Waals surface area (Å²) >= 11 is 0. The Bertz CT molecular complexity index is 782. The monoisotopic (exact) mass is 381 g/mol. The Labute approximate surface area is 156 Å². The zero-order valence-corrected chi connectivity index (χ0v) is 15.3. The molecule has 6 atom stereocenters. The lowest BCUT2D eigenvalue weighted by molar-refractivity contribution is -0.250. The van der Waals surface area contributed by atoms with Gasteiger partial charge in [-0.05, 0) is 25.5 Å². The second-order valence-corrected chi connectivity index (χ2v) is 7.67. The van der Waals surface area contributed by atoms with Crippen LogP contribution in [0.1, 0.15) is 25.6 Å². The zero-order valence-electron chi connectivity index (χ0n) is 15.3. The van der Waals surface area contributed by atoms with Crippen molar-refractivity contribution in [3.63, 3.8) is 0 Å². The Hall–Kier alpha value is -1.52. The summed E-state index contributed by atoms with van der Waals surface area (Å²) in [6, 6.07) is 7.29. The van der Waals surface area contributed by atoms with Crippen LogP contribution in [0.15, 0.2) is 30.5 Å². The van der Waals surface area contributed by atoms with Crippen LogP contribution in [0.3, 0.4) is 0 Å². The highest BCUT2D eigenvalue weighted by Gasteiger charge is 2.44. The van der Waals surface area contributed by atoms with Gasteiger partial charge in [0.15, 0.2) is 6.23 Å². The molecule has 1 fully saturated rings. The van der Waals surface area contributed by atoms with Gasteiger partial charge in [-0.1, -0.05) is 18.2 Å². The van der Waals surface area contributed by atoms with Gasteiger partial charge in [-0.3, -0.25) is 0 Å². The fourth-order valence-corrected chi connectivity index (χ4v) is 3.42. The molecule has 0 aliphatic carbocycles. The van der Waals surface area contributed by atoms with Gasteiger partial charge in [-0.15, -0.1) is 0 Å². The fourth-order valence-electron chi connectivity index (χ4n) is 3.42. The third kappa shape index (κ3) is 3.74. The Morgan fingerprint density at radius 2 is 1.78 bits per heavy atom. The molecule has 0 bridgehead atoms. The molecular formula is C19H27NO7. The van der Waals surface area contributed by atoms with Gasteiger partial charge < -0.3 is 39.9 Å². The Morgan fingerprint density at radius 3 is 2.41 bits per heavy atom. The number of hydrogen-bond donors (Lipinski definition) is 6. The number of hydrogen-bond acceptors (Lipinski definition) is 7. The van der Waals surface area contributed by atoms with E-state index in [-0.39, 0.29) is 6.42 Å². The fraction of sp³-hybridized carbons (Fsp3) is 0.579. The van der Waals surface area contributed by atoms with E-state index in [0.717, 1.165) is 10.9 Å². The summed E-state index contributed by atoms with van der Waals surface area (Å²) in [7, 11) is 0. The molecule has 2 heterocycles. The molecule has 0 saturated carbocycles. The van der Waals surface area contributed by atoms with Crippen molar-refractivity contribution in [1.29, 1.82) is 0 Å². The van der Waals surface area contributed by atoms with Crippen molar-refractivity contribution in [1.82, 2.24) is 4.57 Å². The minimum Gasteiger partial charge on any atom is -0.394 e. The third-order valence-electron chi connectivity index (χ3n) is 5.19. The maximum absolute atomic E-state index is 10.4. The molecular weight excluding hydrogens is 354 g/mol. The number of nitrogens with zero attached hydrogens (tertiary/aromatic N) is 1. The standard InChI is InChI=1S/C19H27NO7/c1-19(2,26)14(22)7-10-8-20(12-6-4-3-5-11(10)12)18-17(25)16(24)15(23)13(9-21)27-18/h3-6,8,13-18,21-26H,7,9H2,1-2H3. The van der Waals surface area contributed by atoms with Crippen LogP contribution in [0, 0.1) is 0 Å². The first-order valence-corrected chi connectivity index (χ1v) is 8.94. The largest absolute Gasteiger partial charge is 0.394 e. The summed E-state index contributed by atoms with van der Waals surface area (Å²) in [5.74, 6) is 0. The average molecular weight is 381 g/mol. The number of rotatable bonds is 5. The molecule has 150 valence electrons. The van der Waals surface area contributed by atoms with E-state index in [0.29, 0.717) is 5.52 Å². The van der Waals surface area contributed by atoms with Crippen LogP contribution >= 0.6 is 0 Å². The highest BCUT2D eigenvalue weighted by molar-refractivity contribution is 5.84. The minimum absolute atomic E-state index is 0.175. The SMILES string of the molecule is CC(C)(O)C(O)Cc1cn(C2OC(CO)C(O)C(O)C2O)c2ccccc12. The second kappa shape index (κ2) is 7.48. The lowest BCUT2D eigenvalue weighted by Gasteiger charge is -2.40. The van der Waals surface area contributed by atoms with Crippen LogP contribution in [0.25, 0.3) is 10.9 Å². The van der Waals surface area contributed by atoms with Crippen molar-refractivity contribution in [2.24, 2.45) is 0 Å². The summed E-state index contributed by atoms with van der Waals surface area (Å²) in [4.78, 5) is 0. The van der Waals surface area contributed by atoms with E-state index in [1.807, 2.05) is 12.1 Å². The normalized spacial score (nSPS) is 30.6. The van der Waals surface area contributed by atoms with Gasteiger partial charge in [-0.2, -0.15) is 0 Å². The van der Waals surface area contributed by atoms with E-state index in [2.05, 4.69) is 0 Å². The first kappa shape index (κ1) is 20.2. The van der Waals surface area contributed by atoms with E-state index < -0.39 is 49.0 Å². The molecule has 0 radical (unpaired) electrons. The lowest BCUT2D eigenvalue weighted by atomic mass is 9.95. The van der Waals surface area contributed by atoms with Gasteiger partial charge in [0, 0.05) is 18.0 Å². The van der Waals surface area contributed by atoms with Gasteiger partial charge in [0.1, 0.15) is 24.4 Å². The first-order chi connectivity index (χ1) is 12.6. The molecule has 0 spiro atoms. The van der Waals surface area contributed by atoms with E-state index in [4.69, 9.17) is 4.74 Å². The molecule has 1 aliphatic heterocycles. The van der Waals surface area contributed by atoms with Gasteiger partial charge in [0.25, 0.3) is 0 Å². The zero-order chi connectivity index (χ0) is 19.9. The summed E-state index contributed by atoms with van der Waals surface area (Å²) in [5.41, 5.74) is 0.142. The van der Waals surface area contributed by atoms with Crippen LogP contribution in [-0.4, -0.2) is 77.9 Å². The average Bonchev–Trinajstić information content (AvgIpc) is 2.98. The lowest BCUT2D eigenvalue weighted by Crippen LogP contribution is -2.56. The predicted octanol–water partition coefficient (Wildman–Crippen LogP) is -0.712. The Balaban J connectivity index is 2.02. The Morgan fingerprint density at radius 1 is 1.11 bits per heavy atom. The Kier molecular flexibility index (Phi) is 5.60. The molecule has 6 unspecified atom stereocenters. The number of aromatic nitrogens is 1. The first-order valence-electron chi connectivity index (χ1n) is 8.94. The maximum Gasteiger partial charge on any atom is 0.163 e. The summed E-state index contributed by atoms with van der Waals surface area (Å²) in [5, 5.41) is 61.0. The van der Waals surface area contributed by atoms with Gasteiger partial charge in [-0.25, -0.2) is 0 Å². The molecule has 1 aromatic heterocycles. The number of ether oxygens (including phenoxy) is 1. The smallest absolute Gasteiger partial charge is 0.163 e. The van der Waals surface area contributed by atoms with Crippen molar-refractivity contribution in [3.8, 4) is 0 Å². The molecule has 27 heavy (non-hydrogen) atoms. The van der Waals surface area contributed by atoms with Crippen LogP contribution in [0.4, 0.5) is 0 Å². The molecule has 0 amide bonds. The topological polar surface area (TPSA) is 136 Å². The van der Waals surface area contributed by atoms with Crippen LogP contribution in [-0.2, 0) is 11.2 Å². The maximum atomic E-state index is 10.4. The van der Waals surface area contributed by atoms with Gasteiger partial charge in [0.2, 0.25) is 0 Å². The minimum atomic E-state index is -1.48. The van der Waals surface area contributed by atoms with E-state index in [1.54, 1.807) is 22.9 Å². The second-order valence-electron chi connectivity index (χ2n) is 7.67. The molecule has 2 aromatic rings. The molecule has 3 rings (SSSR count). The van der Waals surface area contributed by atoms with Crippen molar-refractivity contribution in [2.45, 2.75) is 62.6 Å². The van der Waals surface area contributed by atoms with Crippen molar-refractivity contribution in [3.05, 3.63) is 36.0 Å². The van der Waals surface area contributed by atoms with Crippen LogP contribution in [0.2, 0.25) is 0 Å². The van der Waals surface area contributed by atoms with Crippen molar-refractivity contribution < 1.29 is 35.4 Å². The summed E-state index contributed by atoms with van der Waals surface area (Å²) in [6.45, 7) is 2.54. The highest BCUT2D eigenvalue weighted by atomic mass is 16.6. The molecule has 1 aromatic carbocycles. The molecule has 1 aliphatic rings. The number of aliphatic hydroxyl groups is 6. The van der Waals surface area contributed by atoms with Crippen molar-refractivity contribution >= 4 is 10.9 Å². The summed E-state index contributed by atoms with van der Waals surface area (Å²) < 4.78 is 7.27. The van der Waals surface area contributed by atoms with Gasteiger partial charge >= 0.3 is 0 Å².